The van der Waals surface area contributed by atoms with Crippen molar-refractivity contribution in [2.75, 3.05) is 14.1 Å². The molecule has 1 N–H and O–H groups in total. The van der Waals surface area contributed by atoms with Crippen LogP contribution in [0.2, 0.25) is 5.02 Å². The quantitative estimate of drug-likeness (QED) is 0.749. The predicted molar refractivity (Wildman–Crippen MR) is 51.1 cm³/mol. The number of amides is 1. The number of halogens is 1. The van der Waals surface area contributed by atoms with E-state index in [1.807, 2.05) is 0 Å². The fraction of sp³-hybridized carbons (Fsp3) is 0.222. The van der Waals surface area contributed by atoms with Crippen molar-refractivity contribution in [3.8, 4) is 5.75 Å². The van der Waals surface area contributed by atoms with Crippen molar-refractivity contribution in [1.82, 2.24) is 4.90 Å². The van der Waals surface area contributed by atoms with Crippen LogP contribution in [0.5, 0.6) is 5.75 Å². The fourth-order valence-corrected chi connectivity index (χ4v) is 1.09. The highest BCUT2D eigenvalue weighted by Crippen LogP contribution is 2.22. The first-order chi connectivity index (χ1) is 6.02. The minimum Gasteiger partial charge on any atom is -0.507 e. The third kappa shape index (κ3) is 2.12. The van der Waals surface area contributed by atoms with Gasteiger partial charge in [-0.05, 0) is 18.2 Å². The van der Waals surface area contributed by atoms with Gasteiger partial charge in [0.2, 0.25) is 0 Å². The average Bonchev–Trinajstić information content (AvgIpc) is 2.03. The van der Waals surface area contributed by atoms with Crippen LogP contribution in [0.4, 0.5) is 0 Å². The molecule has 70 valence electrons. The Morgan fingerprint density at radius 2 is 2.08 bits per heavy atom. The Balaban J connectivity index is 3.09. The van der Waals surface area contributed by atoms with Gasteiger partial charge >= 0.3 is 0 Å². The second kappa shape index (κ2) is 3.66. The maximum atomic E-state index is 11.4. The maximum absolute atomic E-state index is 11.4. The Morgan fingerprint density at radius 1 is 1.46 bits per heavy atom. The second-order valence-corrected chi connectivity index (χ2v) is 3.30. The van der Waals surface area contributed by atoms with Crippen LogP contribution in [0.3, 0.4) is 0 Å². The number of nitrogens with zero attached hydrogens (tertiary/aromatic N) is 1. The first-order valence-corrected chi connectivity index (χ1v) is 4.10. The molecule has 13 heavy (non-hydrogen) atoms. The normalized spacial score (nSPS) is 9.77. The lowest BCUT2D eigenvalue weighted by Gasteiger charge is -2.11. The molecule has 0 aromatic heterocycles. The minimum absolute atomic E-state index is 0.0915. The highest BCUT2D eigenvalue weighted by atomic mass is 35.5. The molecule has 0 radical (unpaired) electrons. The molecular formula is C9H10ClNO2. The Hall–Kier alpha value is -1.22. The third-order valence-electron chi connectivity index (χ3n) is 1.60. The summed E-state index contributed by atoms with van der Waals surface area (Å²) in [4.78, 5) is 12.8. The average molecular weight is 200 g/mol. The van der Waals surface area contributed by atoms with E-state index in [-0.39, 0.29) is 17.2 Å². The fourth-order valence-electron chi connectivity index (χ4n) is 0.927. The molecule has 0 aliphatic heterocycles. The van der Waals surface area contributed by atoms with Crippen molar-refractivity contribution < 1.29 is 9.90 Å². The van der Waals surface area contributed by atoms with Crippen molar-refractivity contribution in [2.24, 2.45) is 0 Å². The van der Waals surface area contributed by atoms with Crippen molar-refractivity contribution in [1.29, 1.82) is 0 Å². The zero-order chi connectivity index (χ0) is 10.0. The van der Waals surface area contributed by atoms with Gasteiger partial charge in [0.15, 0.2) is 0 Å². The van der Waals surface area contributed by atoms with Gasteiger partial charge < -0.3 is 10.0 Å². The lowest BCUT2D eigenvalue weighted by atomic mass is 10.2. The number of aromatic hydroxyl groups is 1. The standard InChI is InChI=1S/C9H10ClNO2/c1-11(2)9(13)7-4-3-6(10)5-8(7)12/h3-5,12H,1-2H3. The van der Waals surface area contributed by atoms with Crippen LogP contribution in [0.1, 0.15) is 10.4 Å². The van der Waals surface area contributed by atoms with Gasteiger partial charge in [-0.1, -0.05) is 11.6 Å². The largest absolute Gasteiger partial charge is 0.507 e. The van der Waals surface area contributed by atoms with E-state index < -0.39 is 0 Å². The molecule has 1 amide bonds. The predicted octanol–water partition coefficient (Wildman–Crippen LogP) is 1.75. The van der Waals surface area contributed by atoms with Gasteiger partial charge in [-0.2, -0.15) is 0 Å². The summed E-state index contributed by atoms with van der Waals surface area (Å²) in [5.74, 6) is -0.333. The molecule has 0 aliphatic rings. The van der Waals surface area contributed by atoms with Crippen molar-refractivity contribution >= 4 is 17.5 Å². The van der Waals surface area contributed by atoms with Crippen molar-refractivity contribution in [3.05, 3.63) is 28.8 Å². The van der Waals surface area contributed by atoms with Gasteiger partial charge in [0, 0.05) is 19.1 Å². The summed E-state index contributed by atoms with van der Waals surface area (Å²) in [6.45, 7) is 0. The molecule has 0 aliphatic carbocycles. The highest BCUT2D eigenvalue weighted by molar-refractivity contribution is 6.30. The Bertz CT molecular complexity index is 336. The number of carbonyl (C=O) groups excluding carboxylic acids is 1. The van der Waals surface area contributed by atoms with Gasteiger partial charge in [0.05, 0.1) is 5.56 Å². The van der Waals surface area contributed by atoms with E-state index >= 15 is 0 Å². The zero-order valence-corrected chi connectivity index (χ0v) is 8.17. The number of phenolic OH excluding ortho intramolecular Hbond substituents is 1. The van der Waals surface area contributed by atoms with Crippen molar-refractivity contribution in [2.45, 2.75) is 0 Å². The lowest BCUT2D eigenvalue weighted by molar-refractivity contribution is 0.0824. The van der Waals surface area contributed by atoms with Crippen LogP contribution in [0.25, 0.3) is 0 Å². The monoisotopic (exact) mass is 199 g/mol. The molecule has 0 saturated carbocycles. The molecule has 0 heterocycles. The van der Waals surface area contributed by atoms with Crippen LogP contribution < -0.4 is 0 Å². The van der Waals surface area contributed by atoms with Crippen molar-refractivity contribution in [3.63, 3.8) is 0 Å². The molecule has 1 aromatic rings. The van der Waals surface area contributed by atoms with Gasteiger partial charge in [-0.3, -0.25) is 4.79 Å². The van der Waals surface area contributed by atoms with E-state index in [1.165, 1.54) is 17.0 Å². The maximum Gasteiger partial charge on any atom is 0.257 e. The number of phenols is 1. The molecule has 1 aromatic carbocycles. The number of hydrogen-bond acceptors (Lipinski definition) is 2. The molecule has 0 bridgehead atoms. The molecule has 0 unspecified atom stereocenters. The topological polar surface area (TPSA) is 40.5 Å². The Kier molecular flexibility index (Phi) is 2.78. The molecule has 1 rings (SSSR count). The molecule has 3 nitrogen and oxygen atoms in total. The summed E-state index contributed by atoms with van der Waals surface area (Å²) in [7, 11) is 3.24. The molecule has 0 atom stereocenters. The summed E-state index contributed by atoms with van der Waals surface area (Å²) >= 11 is 5.62. The van der Waals surface area contributed by atoms with Gasteiger partial charge in [0.25, 0.3) is 5.91 Å². The van der Waals surface area contributed by atoms with E-state index in [0.29, 0.717) is 5.02 Å². The molecule has 0 spiro atoms. The van der Waals surface area contributed by atoms with Crippen LogP contribution in [0, 0.1) is 0 Å². The lowest BCUT2D eigenvalue weighted by Crippen LogP contribution is -2.21. The highest BCUT2D eigenvalue weighted by Gasteiger charge is 2.12. The molecule has 4 heteroatoms. The molecular weight excluding hydrogens is 190 g/mol. The van der Waals surface area contributed by atoms with Crippen LogP contribution >= 0.6 is 11.6 Å². The Morgan fingerprint density at radius 3 is 2.54 bits per heavy atom. The van der Waals surface area contributed by atoms with Gasteiger partial charge in [0.1, 0.15) is 5.75 Å². The number of carbonyl (C=O) groups is 1. The smallest absolute Gasteiger partial charge is 0.257 e. The summed E-state index contributed by atoms with van der Waals surface area (Å²) in [5.41, 5.74) is 0.259. The summed E-state index contributed by atoms with van der Waals surface area (Å²) in [5, 5.41) is 9.79. The van der Waals surface area contributed by atoms with E-state index in [9.17, 15) is 9.90 Å². The SMILES string of the molecule is CN(C)C(=O)c1ccc(Cl)cc1O. The van der Waals surface area contributed by atoms with E-state index in [1.54, 1.807) is 20.2 Å². The molecule has 0 fully saturated rings. The van der Waals surface area contributed by atoms with E-state index in [4.69, 9.17) is 11.6 Å². The number of benzene rings is 1. The van der Waals surface area contributed by atoms with Gasteiger partial charge in [-0.25, -0.2) is 0 Å². The summed E-state index contributed by atoms with van der Waals surface area (Å²) in [6, 6.07) is 4.41. The molecule has 0 saturated heterocycles. The Labute approximate surface area is 81.5 Å². The summed E-state index contributed by atoms with van der Waals surface area (Å²) < 4.78 is 0. The first kappa shape index (κ1) is 9.86. The first-order valence-electron chi connectivity index (χ1n) is 3.72. The summed E-state index contributed by atoms with van der Waals surface area (Å²) in [6.07, 6.45) is 0. The minimum atomic E-state index is -0.242. The van der Waals surface area contributed by atoms with Crippen LogP contribution in [-0.2, 0) is 0 Å². The number of hydrogen-bond donors (Lipinski definition) is 1. The van der Waals surface area contributed by atoms with Crippen LogP contribution in [0.15, 0.2) is 18.2 Å². The van der Waals surface area contributed by atoms with E-state index in [0.717, 1.165) is 0 Å². The number of rotatable bonds is 1. The third-order valence-corrected chi connectivity index (χ3v) is 1.83. The van der Waals surface area contributed by atoms with E-state index in [2.05, 4.69) is 0 Å². The van der Waals surface area contributed by atoms with Gasteiger partial charge in [-0.15, -0.1) is 0 Å². The zero-order valence-electron chi connectivity index (χ0n) is 7.41. The second-order valence-electron chi connectivity index (χ2n) is 2.86. The van der Waals surface area contributed by atoms with Crippen LogP contribution in [-0.4, -0.2) is 30.0 Å².